The van der Waals surface area contributed by atoms with Gasteiger partial charge in [0, 0.05) is 13.0 Å². The summed E-state index contributed by atoms with van der Waals surface area (Å²) in [6, 6.07) is 0. The lowest BCUT2D eigenvalue weighted by molar-refractivity contribution is -0.555. The van der Waals surface area contributed by atoms with Gasteiger partial charge in [-0.1, -0.05) is 0 Å². The summed E-state index contributed by atoms with van der Waals surface area (Å²) < 4.78 is 0. The number of carboxylic acids is 1. The van der Waals surface area contributed by atoms with E-state index in [4.69, 9.17) is 22.0 Å². The molecule has 1 unspecified atom stereocenters. The summed E-state index contributed by atoms with van der Waals surface area (Å²) in [5.41, 5.74) is 7.57. The van der Waals surface area contributed by atoms with E-state index in [0.717, 1.165) is 0 Å². The first-order chi connectivity index (χ1) is 6.80. The zero-order valence-electron chi connectivity index (χ0n) is 7.90. The fourth-order valence-corrected chi connectivity index (χ4v) is 0.857. The molecule has 9 nitrogen and oxygen atoms in total. The fraction of sp³-hybridized carbons (Fsp3) is 0.667. The molecule has 0 saturated heterocycles. The number of nitro groups is 1. The number of nitrogens with one attached hydrogen (secondary N) is 2. The van der Waals surface area contributed by atoms with Gasteiger partial charge in [-0.15, -0.1) is 0 Å². The average Bonchev–Trinajstić information content (AvgIpc) is 2.10. The van der Waals surface area contributed by atoms with Gasteiger partial charge in [-0.25, -0.2) is 4.79 Å². The van der Waals surface area contributed by atoms with E-state index in [1.807, 2.05) is 0 Å². The molecule has 0 aliphatic carbocycles. The molecule has 15 heavy (non-hydrogen) atoms. The van der Waals surface area contributed by atoms with Crippen LogP contribution in [0.15, 0.2) is 0 Å². The number of carboxylic acid groups (broad SMARTS) is 1. The van der Waals surface area contributed by atoms with Crippen LogP contribution in [0, 0.1) is 15.5 Å². The maximum atomic E-state index is 10.5. The second-order valence-corrected chi connectivity index (χ2v) is 2.93. The maximum absolute atomic E-state index is 10.5. The number of rotatable bonds is 6. The van der Waals surface area contributed by atoms with Gasteiger partial charge in [0.1, 0.15) is 0 Å². The molecule has 0 bridgehead atoms. The van der Waals surface area contributed by atoms with Crippen molar-refractivity contribution in [2.45, 2.75) is 18.5 Å². The van der Waals surface area contributed by atoms with Crippen molar-refractivity contribution in [3.8, 4) is 0 Å². The number of aliphatic carboxylic acids is 1. The molecular weight excluding hydrogens is 206 g/mol. The highest BCUT2D eigenvalue weighted by Gasteiger charge is 2.46. The van der Waals surface area contributed by atoms with Gasteiger partial charge < -0.3 is 16.2 Å². The second kappa shape index (κ2) is 5.10. The Morgan fingerprint density at radius 1 is 1.67 bits per heavy atom. The molecule has 0 rings (SSSR count). The number of hydrogen-bond donors (Lipinski definition) is 5. The molecule has 0 saturated carbocycles. The number of nitrogens with two attached hydrogens (primary N) is 2. The van der Waals surface area contributed by atoms with Crippen molar-refractivity contribution in [1.29, 1.82) is 5.41 Å². The van der Waals surface area contributed by atoms with Crippen molar-refractivity contribution >= 4 is 11.9 Å². The lowest BCUT2D eigenvalue weighted by atomic mass is 10.1. The standard InChI is InChI=1S/C6H13N5O4/c7-5(8)10-3-1-2-6(9,4(12)13)11(14)15/h1-3,9H2,(H,12,13)(H4,7,8,10). The van der Waals surface area contributed by atoms with E-state index >= 15 is 0 Å². The van der Waals surface area contributed by atoms with Crippen LogP contribution < -0.4 is 16.8 Å². The quantitative estimate of drug-likeness (QED) is 0.0881. The molecule has 0 aliphatic rings. The van der Waals surface area contributed by atoms with E-state index < -0.39 is 16.6 Å². The zero-order chi connectivity index (χ0) is 12.1. The molecule has 0 amide bonds. The third kappa shape index (κ3) is 3.77. The van der Waals surface area contributed by atoms with Crippen LogP contribution in [0.3, 0.4) is 0 Å². The molecule has 0 aromatic rings. The minimum atomic E-state index is -2.47. The Labute approximate surface area is 85.1 Å². The van der Waals surface area contributed by atoms with Crippen LogP contribution in [0.25, 0.3) is 0 Å². The second-order valence-electron chi connectivity index (χ2n) is 2.93. The Balaban J connectivity index is 4.15. The monoisotopic (exact) mass is 219 g/mol. The molecular formula is C6H13N5O4. The topological polar surface area (TPSA) is 168 Å². The van der Waals surface area contributed by atoms with Crippen molar-refractivity contribution in [2.75, 3.05) is 6.54 Å². The molecule has 0 aliphatic heterocycles. The van der Waals surface area contributed by atoms with Gasteiger partial charge in [-0.3, -0.25) is 21.3 Å². The Kier molecular flexibility index (Phi) is 4.45. The van der Waals surface area contributed by atoms with Gasteiger partial charge in [0.2, 0.25) is 0 Å². The first-order valence-corrected chi connectivity index (χ1v) is 4.05. The summed E-state index contributed by atoms with van der Waals surface area (Å²) in [6.45, 7) is 0.162. The highest BCUT2D eigenvalue weighted by Crippen LogP contribution is 2.10. The van der Waals surface area contributed by atoms with Crippen molar-refractivity contribution < 1.29 is 14.8 Å². The van der Waals surface area contributed by atoms with Gasteiger partial charge in [0.15, 0.2) is 5.96 Å². The van der Waals surface area contributed by atoms with Crippen molar-refractivity contribution in [3.63, 3.8) is 0 Å². The number of nitrogens with zero attached hydrogens (tertiary/aromatic N) is 1. The van der Waals surface area contributed by atoms with Crippen LogP contribution in [0.2, 0.25) is 0 Å². The molecule has 0 radical (unpaired) electrons. The number of guanidine groups is 1. The van der Waals surface area contributed by atoms with E-state index in [0.29, 0.717) is 0 Å². The molecule has 9 heteroatoms. The Morgan fingerprint density at radius 3 is 2.53 bits per heavy atom. The molecule has 0 spiro atoms. The van der Waals surface area contributed by atoms with E-state index in [2.05, 4.69) is 5.32 Å². The minimum absolute atomic E-state index is 0.128. The zero-order valence-corrected chi connectivity index (χ0v) is 7.90. The SMILES string of the molecule is N=C(N)NCCCC(N)(C(=O)O)[N+](=O)[O-]. The highest BCUT2D eigenvalue weighted by molar-refractivity contribution is 5.76. The van der Waals surface area contributed by atoms with Gasteiger partial charge in [-0.2, -0.15) is 0 Å². The summed E-state index contributed by atoms with van der Waals surface area (Å²) in [6.07, 6.45) is -0.209. The maximum Gasteiger partial charge on any atom is 0.398 e. The third-order valence-corrected chi connectivity index (χ3v) is 1.75. The minimum Gasteiger partial charge on any atom is -0.475 e. The average molecular weight is 219 g/mol. The van der Waals surface area contributed by atoms with Gasteiger partial charge in [0.25, 0.3) is 0 Å². The molecule has 0 aromatic carbocycles. The molecule has 1 atom stereocenters. The molecule has 0 aromatic heterocycles. The van der Waals surface area contributed by atoms with Crippen LogP contribution in [-0.4, -0.2) is 34.2 Å². The van der Waals surface area contributed by atoms with Crippen LogP contribution in [0.4, 0.5) is 0 Å². The predicted octanol–water partition coefficient (Wildman–Crippen LogP) is -1.73. The van der Waals surface area contributed by atoms with Gasteiger partial charge in [0.05, 0.1) is 4.92 Å². The first kappa shape index (κ1) is 13.1. The van der Waals surface area contributed by atoms with Gasteiger partial charge >= 0.3 is 11.6 Å². The summed E-state index contributed by atoms with van der Waals surface area (Å²) in [5.74, 6) is -1.97. The van der Waals surface area contributed by atoms with Crippen molar-refractivity contribution in [1.82, 2.24) is 5.32 Å². The van der Waals surface area contributed by atoms with Crippen LogP contribution in [0.5, 0.6) is 0 Å². The molecule has 7 N–H and O–H groups in total. The van der Waals surface area contributed by atoms with Crippen LogP contribution >= 0.6 is 0 Å². The fourth-order valence-electron chi connectivity index (χ4n) is 0.857. The van der Waals surface area contributed by atoms with Crippen LogP contribution in [0.1, 0.15) is 12.8 Å². The molecule has 0 heterocycles. The smallest absolute Gasteiger partial charge is 0.398 e. The normalized spacial score (nSPS) is 13.9. The predicted molar refractivity (Wildman–Crippen MR) is 50.7 cm³/mol. The lowest BCUT2D eigenvalue weighted by Crippen LogP contribution is -2.55. The van der Waals surface area contributed by atoms with Crippen molar-refractivity contribution in [2.24, 2.45) is 11.5 Å². The summed E-state index contributed by atoms with van der Waals surface area (Å²) in [4.78, 5) is 19.9. The highest BCUT2D eigenvalue weighted by atomic mass is 16.6. The van der Waals surface area contributed by atoms with E-state index in [1.165, 1.54) is 0 Å². The largest absolute Gasteiger partial charge is 0.475 e. The summed E-state index contributed by atoms with van der Waals surface area (Å²) in [5, 5.41) is 28.1. The molecule has 86 valence electrons. The number of carbonyl (C=O) groups is 1. The van der Waals surface area contributed by atoms with E-state index in [9.17, 15) is 14.9 Å². The van der Waals surface area contributed by atoms with E-state index in [1.54, 1.807) is 0 Å². The van der Waals surface area contributed by atoms with Crippen molar-refractivity contribution in [3.05, 3.63) is 10.1 Å². The Hall–Kier alpha value is -1.90. The number of hydrogen-bond acceptors (Lipinski definition) is 5. The van der Waals surface area contributed by atoms with Crippen LogP contribution in [-0.2, 0) is 4.79 Å². The Morgan fingerprint density at radius 2 is 2.20 bits per heavy atom. The summed E-state index contributed by atoms with van der Waals surface area (Å²) >= 11 is 0. The van der Waals surface area contributed by atoms with Gasteiger partial charge in [-0.05, 0) is 6.42 Å². The molecule has 0 fully saturated rings. The lowest BCUT2D eigenvalue weighted by Gasteiger charge is -2.15. The first-order valence-electron chi connectivity index (χ1n) is 4.05. The van der Waals surface area contributed by atoms with E-state index in [-0.39, 0.29) is 25.3 Å². The Bertz CT molecular complexity index is 265. The summed E-state index contributed by atoms with van der Waals surface area (Å²) in [7, 11) is 0. The third-order valence-electron chi connectivity index (χ3n) is 1.75.